The lowest BCUT2D eigenvalue weighted by Crippen LogP contribution is -2.47. The maximum Gasteiger partial charge on any atom is 0.308 e. The zero-order chi connectivity index (χ0) is 52.1. The lowest BCUT2D eigenvalue weighted by molar-refractivity contribution is -0.161. The predicted molar refractivity (Wildman–Crippen MR) is 291 cm³/mol. The van der Waals surface area contributed by atoms with Gasteiger partial charge in [-0.1, -0.05) is 119 Å². The van der Waals surface area contributed by atoms with Crippen LogP contribution in [0.5, 0.6) is 0 Å². The molecule has 0 radical (unpaired) electrons. The van der Waals surface area contributed by atoms with Gasteiger partial charge in [0.1, 0.15) is 12.2 Å². The number of alkyl halides is 2. The summed E-state index contributed by atoms with van der Waals surface area (Å²) in [6.45, 7) is 30.9. The molecule has 0 bridgehead atoms. The molecule has 396 valence electrons. The summed E-state index contributed by atoms with van der Waals surface area (Å²) in [5.41, 5.74) is 2.56. The molecule has 69 heavy (non-hydrogen) atoms. The fraction of sp³-hybridized carbons (Fsp3) is 0.759. The highest BCUT2D eigenvalue weighted by atomic mass is 35.6. The van der Waals surface area contributed by atoms with E-state index >= 15 is 0 Å². The molecule has 15 heteroatoms. The topological polar surface area (TPSA) is 151 Å². The number of aliphatic hydroxyl groups excluding tert-OH is 3. The Hall–Kier alpha value is -1.75. The quantitative estimate of drug-likeness (QED) is 0.0863. The molecule has 7 rings (SSSR count). The number of hydrogen-bond acceptors (Lipinski definition) is 9. The molecule has 0 spiro atoms. The van der Waals surface area contributed by atoms with Crippen LogP contribution in [0.1, 0.15) is 135 Å². The number of aliphatic hydroxyl groups is 3. The second-order valence-electron chi connectivity index (χ2n) is 23.7. The first kappa shape index (κ1) is 61.6. The Balaban J connectivity index is 0.000000367. The van der Waals surface area contributed by atoms with E-state index in [2.05, 4.69) is 142 Å². The fourth-order valence-corrected chi connectivity index (χ4v) is 11.3. The Labute approximate surface area is 435 Å². The van der Waals surface area contributed by atoms with Gasteiger partial charge in [0.05, 0.1) is 48.9 Å². The minimum atomic E-state index is -1.91. The number of H-pyrrole nitrogens is 1. The van der Waals surface area contributed by atoms with Gasteiger partial charge < -0.3 is 34.2 Å². The molecule has 2 aliphatic heterocycles. The van der Waals surface area contributed by atoms with Crippen LogP contribution in [0.3, 0.4) is 0 Å². The first-order valence-electron chi connectivity index (χ1n) is 25.6. The second-order valence-corrected chi connectivity index (χ2v) is 36.5. The van der Waals surface area contributed by atoms with E-state index in [4.69, 9.17) is 48.2 Å². The van der Waals surface area contributed by atoms with Crippen molar-refractivity contribution >= 4 is 61.9 Å². The number of halogens is 3. The van der Waals surface area contributed by atoms with E-state index < -0.39 is 21.8 Å². The van der Waals surface area contributed by atoms with Crippen LogP contribution in [-0.2, 0) is 23.5 Å². The minimum absolute atomic E-state index is 0. The van der Waals surface area contributed by atoms with Gasteiger partial charge in [0.25, 0.3) is 0 Å². The van der Waals surface area contributed by atoms with Gasteiger partial charge in [-0.15, -0.1) is 23.2 Å². The normalized spacial score (nSPS) is 33.3. The van der Waals surface area contributed by atoms with Gasteiger partial charge in [0, 0.05) is 38.5 Å². The first-order chi connectivity index (χ1) is 32.0. The van der Waals surface area contributed by atoms with Gasteiger partial charge in [0.15, 0.2) is 15.7 Å². The molecule has 14 unspecified atom stereocenters. The molecular weight excluding hydrogens is 967 g/mol. The van der Waals surface area contributed by atoms with Crippen molar-refractivity contribution in [2.24, 2.45) is 47.3 Å². The third kappa shape index (κ3) is 19.6. The van der Waals surface area contributed by atoms with E-state index in [9.17, 15) is 24.9 Å². The lowest BCUT2D eigenvalue weighted by Gasteiger charge is -2.43. The molecule has 1 aromatic heterocycles. The van der Waals surface area contributed by atoms with E-state index in [-0.39, 0.29) is 72.5 Å². The third-order valence-corrected chi connectivity index (χ3v) is 25.6. The first-order valence-corrected chi connectivity index (χ1v) is 33.6. The molecule has 2 fully saturated rings. The van der Waals surface area contributed by atoms with Crippen molar-refractivity contribution in [3.63, 3.8) is 0 Å². The number of cyclic esters (lactones) is 2. The van der Waals surface area contributed by atoms with Crippen molar-refractivity contribution in [2.75, 3.05) is 5.34 Å². The van der Waals surface area contributed by atoms with Gasteiger partial charge in [-0.2, -0.15) is 11.1 Å². The number of nitrogens with zero attached hydrogens (tertiary/aromatic N) is 1. The van der Waals surface area contributed by atoms with Crippen molar-refractivity contribution in [1.29, 1.82) is 0 Å². The SMILES string of the molecule is CC(C)(C)[Si](C)(C)Cl.CC1C=C2C=CC(C)C(CCC3CC(O)CC(=O)O3)C2C(O)C1.CC1C=C2C=CC(C)C(CCC3CC(O[Si](C)(C)C(C)(C)C)CC(=O)O3)C2C(O)C1.ClCCl.[HH].c1c[nH]cn1. The summed E-state index contributed by atoms with van der Waals surface area (Å²) in [6.07, 6.45) is 24.1. The fourth-order valence-electron chi connectivity index (χ4n) is 9.98. The van der Waals surface area contributed by atoms with Crippen LogP contribution in [0.4, 0.5) is 0 Å². The highest BCUT2D eigenvalue weighted by molar-refractivity contribution is 7.20. The maximum atomic E-state index is 12.3. The molecule has 4 N–H and O–H groups in total. The average Bonchev–Trinajstić information content (AvgIpc) is 3.80. The van der Waals surface area contributed by atoms with Gasteiger partial charge >= 0.3 is 11.9 Å². The van der Waals surface area contributed by atoms with Crippen molar-refractivity contribution in [1.82, 2.24) is 9.97 Å². The summed E-state index contributed by atoms with van der Waals surface area (Å²) in [5, 5.41) is 31.8. The van der Waals surface area contributed by atoms with Crippen LogP contribution in [0.25, 0.3) is 0 Å². The number of aromatic nitrogens is 2. The number of imidazole rings is 1. The number of nitrogens with one attached hydrogen (secondary N) is 1. The summed E-state index contributed by atoms with van der Waals surface area (Å²) in [5.74, 6) is 2.42. The molecule has 1 aromatic rings. The summed E-state index contributed by atoms with van der Waals surface area (Å²) >= 11 is 15.7. The number of fused-ring (bicyclic) bond motifs is 2. The largest absolute Gasteiger partial charge is 0.462 e. The van der Waals surface area contributed by atoms with E-state index in [1.54, 1.807) is 18.7 Å². The van der Waals surface area contributed by atoms with E-state index in [1.807, 2.05) is 0 Å². The van der Waals surface area contributed by atoms with Crippen molar-refractivity contribution in [3.8, 4) is 0 Å². The molecule has 0 aromatic carbocycles. The maximum absolute atomic E-state index is 12.3. The highest BCUT2D eigenvalue weighted by Gasteiger charge is 2.44. The Bertz CT molecular complexity index is 1820. The Morgan fingerprint density at radius 2 is 1.16 bits per heavy atom. The highest BCUT2D eigenvalue weighted by Crippen LogP contribution is 2.46. The summed E-state index contributed by atoms with van der Waals surface area (Å²) < 4.78 is 17.6. The number of esters is 2. The minimum Gasteiger partial charge on any atom is -0.462 e. The molecular formula is C54H93Cl3N2O8Si2. The van der Waals surface area contributed by atoms with Crippen LogP contribution in [0, 0.1) is 47.3 Å². The predicted octanol–water partition coefficient (Wildman–Crippen LogP) is 13.5. The number of hydrogen-bond donors (Lipinski definition) is 4. The zero-order valence-corrected chi connectivity index (χ0v) is 48.8. The van der Waals surface area contributed by atoms with Crippen molar-refractivity contribution in [3.05, 3.63) is 66.3 Å². The molecule has 14 atom stereocenters. The Morgan fingerprint density at radius 1 is 0.725 bits per heavy atom. The molecule has 6 aliphatic rings. The third-order valence-electron chi connectivity index (χ3n) is 15.8. The second kappa shape index (κ2) is 27.5. The van der Waals surface area contributed by atoms with Crippen LogP contribution >= 0.6 is 34.3 Å². The summed E-state index contributed by atoms with van der Waals surface area (Å²) in [4.78, 5) is 30.2. The van der Waals surface area contributed by atoms with E-state index in [0.29, 0.717) is 53.4 Å². The molecule has 2 saturated heterocycles. The van der Waals surface area contributed by atoms with Crippen LogP contribution in [-0.4, -0.2) is 94.9 Å². The summed E-state index contributed by atoms with van der Waals surface area (Å²) in [6, 6.07) is 0. The summed E-state index contributed by atoms with van der Waals surface area (Å²) in [7, 11) is -3.30. The Morgan fingerprint density at radius 3 is 1.52 bits per heavy atom. The standard InChI is InChI=1S/C25H42O4Si.C19H28O4.C6H15ClSi.C3H4N2.CH2Cl2.H2/c1-16-12-18-9-8-17(2)21(24(18)22(26)13-16)11-10-19-14-20(15-23(27)28-19)29-30(6,7)25(3,4)5;1-11-7-13-4-3-12(2)16(19(13)17(21)8-11)6-5-15-9-14(20)10-18(22)23-15;1-6(2,3)8(4,5)7;1-2-5-3-4-1;2-1-3;/h8-9,12,16-17,19-22,24,26H,10-11,13-15H2,1-7H3;3-4,7,11-12,14-17,19-21H,5-6,8-10H2,1-2H3;1-5H3;1-3H,(H,4,5);1H2;1H. The van der Waals surface area contributed by atoms with E-state index in [1.165, 1.54) is 11.1 Å². The number of carbonyl (C=O) groups is 2. The van der Waals surface area contributed by atoms with Gasteiger partial charge in [0.2, 0.25) is 0 Å². The van der Waals surface area contributed by atoms with Crippen LogP contribution < -0.4 is 0 Å². The number of rotatable bonds is 8. The zero-order valence-electron chi connectivity index (χ0n) is 44.5. The molecule has 0 saturated carbocycles. The van der Waals surface area contributed by atoms with Gasteiger partial charge in [-0.05, 0) is 108 Å². The number of carbonyl (C=O) groups excluding carboxylic acids is 2. The van der Waals surface area contributed by atoms with E-state index in [0.717, 1.165) is 44.9 Å². The lowest BCUT2D eigenvalue weighted by atomic mass is 9.65. The van der Waals surface area contributed by atoms with Crippen molar-refractivity contribution in [2.45, 2.75) is 206 Å². The smallest absolute Gasteiger partial charge is 0.308 e. The molecule has 3 heterocycles. The van der Waals surface area contributed by atoms with Crippen LogP contribution in [0.15, 0.2) is 66.3 Å². The number of ether oxygens (including phenoxy) is 2. The average molecular weight is 1060 g/mol. The number of allylic oxidation sites excluding steroid dienone is 6. The van der Waals surface area contributed by atoms with Gasteiger partial charge in [-0.25, -0.2) is 4.98 Å². The molecule has 4 aliphatic carbocycles. The van der Waals surface area contributed by atoms with Gasteiger partial charge in [-0.3, -0.25) is 9.59 Å². The van der Waals surface area contributed by atoms with Crippen molar-refractivity contribution < 1.29 is 40.2 Å². The molecule has 0 amide bonds. The number of aromatic amines is 1. The monoisotopic (exact) mass is 1060 g/mol. The molecule has 10 nitrogen and oxygen atoms in total. The Kier molecular flexibility index (Phi) is 24.5. The van der Waals surface area contributed by atoms with Crippen LogP contribution in [0.2, 0.25) is 36.3 Å².